The molecule has 0 unspecified atom stereocenters. The van der Waals surface area contributed by atoms with Crippen molar-refractivity contribution in [2.45, 2.75) is 25.7 Å². The van der Waals surface area contributed by atoms with E-state index in [9.17, 15) is 17.6 Å². The van der Waals surface area contributed by atoms with Crippen molar-refractivity contribution >= 4 is 29.9 Å². The van der Waals surface area contributed by atoms with Gasteiger partial charge in [-0.25, -0.2) is 4.39 Å². The van der Waals surface area contributed by atoms with Crippen LogP contribution in [0.15, 0.2) is 41.4 Å². The zero-order chi connectivity index (χ0) is 21.7. The van der Waals surface area contributed by atoms with Crippen LogP contribution in [-0.4, -0.2) is 38.3 Å². The molecule has 0 fully saturated rings. The first kappa shape index (κ1) is 25.2. The summed E-state index contributed by atoms with van der Waals surface area (Å²) in [5.74, 6) is 0.878. The number of ether oxygens (including phenoxy) is 2. The first-order valence-corrected chi connectivity index (χ1v) is 9.37. The lowest BCUT2D eigenvalue weighted by molar-refractivity contribution is -0.137. The third-order valence-electron chi connectivity index (χ3n) is 4.70. The maximum atomic E-state index is 13.8. The van der Waals surface area contributed by atoms with E-state index in [2.05, 4.69) is 10.3 Å². The molecule has 0 aliphatic carbocycles. The van der Waals surface area contributed by atoms with E-state index < -0.39 is 11.7 Å². The van der Waals surface area contributed by atoms with Crippen molar-refractivity contribution in [1.29, 1.82) is 0 Å². The van der Waals surface area contributed by atoms with E-state index in [-0.39, 0.29) is 36.6 Å². The number of halogens is 5. The molecule has 3 rings (SSSR count). The summed E-state index contributed by atoms with van der Waals surface area (Å²) in [7, 11) is 3.41. The molecule has 10 heteroatoms. The highest BCUT2D eigenvalue weighted by atomic mass is 127. The summed E-state index contributed by atoms with van der Waals surface area (Å²) in [6.07, 6.45) is -3.85. The van der Waals surface area contributed by atoms with Gasteiger partial charge >= 0.3 is 6.18 Å². The summed E-state index contributed by atoms with van der Waals surface area (Å²) in [4.78, 5) is 6.00. The van der Waals surface area contributed by atoms with E-state index in [0.717, 1.165) is 23.3 Å². The number of benzene rings is 2. The fourth-order valence-electron chi connectivity index (χ4n) is 3.28. The molecule has 0 saturated heterocycles. The normalized spacial score (nSPS) is 13.7. The van der Waals surface area contributed by atoms with Crippen LogP contribution in [0.5, 0.6) is 5.75 Å². The number of hydrogen-bond acceptors (Lipinski definition) is 3. The van der Waals surface area contributed by atoms with Gasteiger partial charge < -0.3 is 19.7 Å². The van der Waals surface area contributed by atoms with Gasteiger partial charge in [0.25, 0.3) is 0 Å². The van der Waals surface area contributed by atoms with Gasteiger partial charge in [0.15, 0.2) is 12.8 Å². The second kappa shape index (κ2) is 11.0. The van der Waals surface area contributed by atoms with Crippen LogP contribution in [0.3, 0.4) is 0 Å². The Morgan fingerprint density at radius 1 is 1.19 bits per heavy atom. The fraction of sp³-hybridized carbons (Fsp3) is 0.381. The number of nitrogens with zero attached hydrogens (tertiary/aromatic N) is 2. The number of nitrogens with one attached hydrogen (secondary N) is 1. The zero-order valence-corrected chi connectivity index (χ0v) is 19.5. The summed E-state index contributed by atoms with van der Waals surface area (Å²) >= 11 is 0. The van der Waals surface area contributed by atoms with Crippen LogP contribution < -0.4 is 10.1 Å². The lowest BCUT2D eigenvalue weighted by Crippen LogP contribution is -2.39. The van der Waals surface area contributed by atoms with Gasteiger partial charge in [-0.1, -0.05) is 12.1 Å². The maximum absolute atomic E-state index is 13.8. The summed E-state index contributed by atoms with van der Waals surface area (Å²) in [6.45, 7) is 1.30. The molecule has 1 aliphatic heterocycles. The smallest absolute Gasteiger partial charge is 0.416 e. The van der Waals surface area contributed by atoms with Crippen molar-refractivity contribution < 1.29 is 27.0 Å². The molecular weight excluding hydrogens is 529 g/mol. The predicted molar refractivity (Wildman–Crippen MR) is 120 cm³/mol. The molecular formula is C21H24F4IN3O2. The van der Waals surface area contributed by atoms with Gasteiger partial charge in [0.1, 0.15) is 11.6 Å². The van der Waals surface area contributed by atoms with Gasteiger partial charge in [-0.2, -0.15) is 13.2 Å². The predicted octanol–water partition coefficient (Wildman–Crippen LogP) is 4.58. The Hall–Kier alpha value is -2.08. The quantitative estimate of drug-likeness (QED) is 0.255. The molecule has 0 radical (unpaired) electrons. The number of hydrogen-bond donors (Lipinski definition) is 1. The van der Waals surface area contributed by atoms with Crippen LogP contribution in [0.25, 0.3) is 0 Å². The highest BCUT2D eigenvalue weighted by Gasteiger charge is 2.30. The molecule has 1 heterocycles. The lowest BCUT2D eigenvalue weighted by atomic mass is 10.1. The lowest BCUT2D eigenvalue weighted by Gasteiger charge is -2.23. The SMILES string of the molecule is CN=C(NCCc1cc(F)cc2c1OCOC2)N(C)Cc1ccc(C(F)(F)F)cc1.I. The number of fused-ring (bicyclic) bond motifs is 1. The third kappa shape index (κ3) is 6.70. The topological polar surface area (TPSA) is 46.1 Å². The van der Waals surface area contributed by atoms with E-state index in [0.29, 0.717) is 43.4 Å². The number of aliphatic imine (C=N–C) groups is 1. The first-order chi connectivity index (χ1) is 14.3. The van der Waals surface area contributed by atoms with Gasteiger partial charge in [-0.15, -0.1) is 24.0 Å². The average molecular weight is 553 g/mol. The summed E-state index contributed by atoms with van der Waals surface area (Å²) in [6, 6.07) is 7.88. The van der Waals surface area contributed by atoms with E-state index >= 15 is 0 Å². The van der Waals surface area contributed by atoms with Crippen molar-refractivity contribution in [2.75, 3.05) is 27.4 Å². The van der Waals surface area contributed by atoms with E-state index in [1.807, 2.05) is 0 Å². The number of guanidine groups is 1. The van der Waals surface area contributed by atoms with Gasteiger partial charge in [0.2, 0.25) is 0 Å². The minimum absolute atomic E-state index is 0. The third-order valence-corrected chi connectivity index (χ3v) is 4.70. The Morgan fingerprint density at radius 3 is 2.55 bits per heavy atom. The standard InChI is InChI=1S/C21H23F4N3O2.HI/c1-26-20(28(2)11-14-3-5-17(6-4-14)21(23,24)25)27-8-7-15-9-18(22)10-16-12-29-13-30-19(15)16;/h3-6,9-10H,7-8,11-13H2,1-2H3,(H,26,27);1H. The Bertz CT molecular complexity index is 905. The van der Waals surface area contributed by atoms with Gasteiger partial charge in [-0.3, -0.25) is 4.99 Å². The molecule has 2 aromatic carbocycles. The molecule has 0 atom stereocenters. The second-order valence-electron chi connectivity index (χ2n) is 6.94. The summed E-state index contributed by atoms with van der Waals surface area (Å²) < 4.78 is 62.6. The van der Waals surface area contributed by atoms with E-state index in [1.54, 1.807) is 19.0 Å². The summed E-state index contributed by atoms with van der Waals surface area (Å²) in [5.41, 5.74) is 1.46. The van der Waals surface area contributed by atoms with Gasteiger partial charge in [0.05, 0.1) is 12.2 Å². The van der Waals surface area contributed by atoms with Gasteiger partial charge in [-0.05, 0) is 41.8 Å². The Kier molecular flexibility index (Phi) is 8.92. The van der Waals surface area contributed by atoms with E-state index in [4.69, 9.17) is 9.47 Å². The van der Waals surface area contributed by atoms with Crippen LogP contribution in [0.1, 0.15) is 22.3 Å². The van der Waals surface area contributed by atoms with Gasteiger partial charge in [0, 0.05) is 32.7 Å². The molecule has 5 nitrogen and oxygen atoms in total. The largest absolute Gasteiger partial charge is 0.467 e. The minimum Gasteiger partial charge on any atom is -0.467 e. The van der Waals surface area contributed by atoms with E-state index in [1.165, 1.54) is 24.3 Å². The molecule has 0 amide bonds. The van der Waals surface area contributed by atoms with Crippen molar-refractivity contribution in [2.24, 2.45) is 4.99 Å². The molecule has 1 N–H and O–H groups in total. The monoisotopic (exact) mass is 553 g/mol. The van der Waals surface area contributed by atoms with Crippen molar-refractivity contribution in [1.82, 2.24) is 10.2 Å². The highest BCUT2D eigenvalue weighted by Crippen LogP contribution is 2.30. The zero-order valence-electron chi connectivity index (χ0n) is 17.1. The molecule has 31 heavy (non-hydrogen) atoms. The molecule has 0 bridgehead atoms. The van der Waals surface area contributed by atoms with Crippen LogP contribution >= 0.6 is 24.0 Å². The van der Waals surface area contributed by atoms with Crippen LogP contribution in [0.2, 0.25) is 0 Å². The molecule has 1 aliphatic rings. The Balaban J connectivity index is 0.00000341. The Labute approximate surface area is 195 Å². The fourth-order valence-corrected chi connectivity index (χ4v) is 3.28. The molecule has 0 spiro atoms. The molecule has 2 aromatic rings. The Morgan fingerprint density at radius 2 is 1.90 bits per heavy atom. The molecule has 0 saturated carbocycles. The number of alkyl halides is 3. The van der Waals surface area contributed by atoms with Crippen molar-refractivity contribution in [3.8, 4) is 5.75 Å². The van der Waals surface area contributed by atoms with Crippen molar-refractivity contribution in [3.05, 3.63) is 64.5 Å². The number of rotatable bonds is 5. The maximum Gasteiger partial charge on any atom is 0.416 e. The molecule has 170 valence electrons. The van der Waals surface area contributed by atoms with Crippen molar-refractivity contribution in [3.63, 3.8) is 0 Å². The average Bonchev–Trinajstić information content (AvgIpc) is 2.70. The van der Waals surface area contributed by atoms with Crippen LogP contribution in [-0.2, 0) is 30.5 Å². The highest BCUT2D eigenvalue weighted by molar-refractivity contribution is 14.0. The molecule has 0 aromatic heterocycles. The summed E-state index contributed by atoms with van der Waals surface area (Å²) in [5, 5.41) is 3.19. The second-order valence-corrected chi connectivity index (χ2v) is 6.94. The van der Waals surface area contributed by atoms with Crippen LogP contribution in [0, 0.1) is 5.82 Å². The minimum atomic E-state index is -4.35. The first-order valence-electron chi connectivity index (χ1n) is 9.37. The van der Waals surface area contributed by atoms with Crippen LogP contribution in [0.4, 0.5) is 17.6 Å².